The number of carbonyl (C=O) groups excluding carboxylic acids is 1. The standard InChI is InChI=1S/C15H22N2O5S/c1-11(2)10-13(15(19)20)17-14(18)8-9-16-23(21,22)12-6-4-3-5-7-12/h3-7,11,13,16H,8-10H2,1-2H3,(H,17,18)(H,19,20)/t13-/m1/s1. The van der Waals surface area contributed by atoms with Crippen molar-refractivity contribution in [3.63, 3.8) is 0 Å². The summed E-state index contributed by atoms with van der Waals surface area (Å²) in [5, 5.41) is 11.4. The molecule has 1 aromatic rings. The van der Waals surface area contributed by atoms with Crippen molar-refractivity contribution in [3.05, 3.63) is 30.3 Å². The van der Waals surface area contributed by atoms with Crippen molar-refractivity contribution in [2.45, 2.75) is 37.6 Å². The quantitative estimate of drug-likeness (QED) is 0.619. The fourth-order valence-electron chi connectivity index (χ4n) is 1.94. The molecule has 0 saturated carbocycles. The zero-order valence-corrected chi connectivity index (χ0v) is 14.0. The lowest BCUT2D eigenvalue weighted by molar-refractivity contribution is -0.142. The van der Waals surface area contributed by atoms with Crippen molar-refractivity contribution >= 4 is 21.9 Å². The fraction of sp³-hybridized carbons (Fsp3) is 0.467. The number of sulfonamides is 1. The minimum Gasteiger partial charge on any atom is -0.480 e. The first kappa shape index (κ1) is 19.1. The smallest absolute Gasteiger partial charge is 0.326 e. The van der Waals surface area contributed by atoms with E-state index in [9.17, 15) is 18.0 Å². The molecule has 128 valence electrons. The minimum absolute atomic E-state index is 0.100. The Bertz CT molecular complexity index is 629. The van der Waals surface area contributed by atoms with Crippen LogP contribution in [0.15, 0.2) is 35.2 Å². The van der Waals surface area contributed by atoms with Crippen LogP contribution < -0.4 is 10.0 Å². The molecule has 0 aliphatic carbocycles. The molecule has 0 heterocycles. The number of amides is 1. The van der Waals surface area contributed by atoms with E-state index in [1.807, 2.05) is 13.8 Å². The molecule has 0 saturated heterocycles. The van der Waals surface area contributed by atoms with Crippen LogP contribution in [0.3, 0.4) is 0 Å². The van der Waals surface area contributed by atoms with Gasteiger partial charge in [0.25, 0.3) is 0 Å². The van der Waals surface area contributed by atoms with E-state index in [4.69, 9.17) is 5.11 Å². The van der Waals surface area contributed by atoms with Crippen LogP contribution in [-0.2, 0) is 19.6 Å². The van der Waals surface area contributed by atoms with Crippen molar-refractivity contribution < 1.29 is 23.1 Å². The molecule has 0 spiro atoms. The average molecular weight is 342 g/mol. The first-order chi connectivity index (χ1) is 10.7. The van der Waals surface area contributed by atoms with E-state index in [1.165, 1.54) is 12.1 Å². The van der Waals surface area contributed by atoms with Crippen LogP contribution in [-0.4, -0.2) is 38.0 Å². The highest BCUT2D eigenvalue weighted by atomic mass is 32.2. The molecule has 0 fully saturated rings. The van der Waals surface area contributed by atoms with Gasteiger partial charge in [-0.25, -0.2) is 17.9 Å². The summed E-state index contributed by atoms with van der Waals surface area (Å²) in [6.07, 6.45) is 0.185. The second-order valence-corrected chi connectivity index (χ2v) is 7.32. The number of carbonyl (C=O) groups is 2. The van der Waals surface area contributed by atoms with Crippen LogP contribution in [0.5, 0.6) is 0 Å². The Morgan fingerprint density at radius 2 is 1.78 bits per heavy atom. The zero-order chi connectivity index (χ0) is 17.5. The lowest BCUT2D eigenvalue weighted by atomic mass is 10.0. The predicted molar refractivity (Wildman–Crippen MR) is 85.3 cm³/mol. The maximum absolute atomic E-state index is 12.0. The fourth-order valence-corrected chi connectivity index (χ4v) is 2.99. The normalized spacial score (nSPS) is 12.8. The summed E-state index contributed by atoms with van der Waals surface area (Å²) in [7, 11) is -3.67. The van der Waals surface area contributed by atoms with Gasteiger partial charge in [-0.2, -0.15) is 0 Å². The largest absolute Gasteiger partial charge is 0.480 e. The van der Waals surface area contributed by atoms with Crippen molar-refractivity contribution in [2.75, 3.05) is 6.54 Å². The third-order valence-corrected chi connectivity index (χ3v) is 4.52. The third-order valence-electron chi connectivity index (χ3n) is 3.04. The van der Waals surface area contributed by atoms with Crippen LogP contribution in [0.2, 0.25) is 0 Å². The molecular formula is C15H22N2O5S. The minimum atomic E-state index is -3.67. The van der Waals surface area contributed by atoms with Gasteiger partial charge in [0.05, 0.1) is 4.90 Å². The maximum atomic E-state index is 12.0. The highest BCUT2D eigenvalue weighted by Gasteiger charge is 2.21. The van der Waals surface area contributed by atoms with E-state index in [0.29, 0.717) is 6.42 Å². The second-order valence-electron chi connectivity index (χ2n) is 5.55. The second kappa shape index (κ2) is 8.64. The molecule has 0 unspecified atom stereocenters. The van der Waals surface area contributed by atoms with E-state index in [0.717, 1.165) is 0 Å². The van der Waals surface area contributed by atoms with Crippen molar-refractivity contribution in [3.8, 4) is 0 Å². The van der Waals surface area contributed by atoms with E-state index < -0.39 is 27.9 Å². The van der Waals surface area contributed by atoms with Crippen LogP contribution in [0, 0.1) is 5.92 Å². The van der Waals surface area contributed by atoms with Crippen LogP contribution in [0.1, 0.15) is 26.7 Å². The molecule has 3 N–H and O–H groups in total. The SMILES string of the molecule is CC(C)C[C@@H](NC(=O)CCNS(=O)(=O)c1ccccc1)C(=O)O. The molecule has 8 heteroatoms. The van der Waals surface area contributed by atoms with Crippen molar-refractivity contribution in [1.82, 2.24) is 10.0 Å². The van der Waals surface area contributed by atoms with Gasteiger partial charge in [-0.15, -0.1) is 0 Å². The van der Waals surface area contributed by atoms with Crippen LogP contribution in [0.4, 0.5) is 0 Å². The topological polar surface area (TPSA) is 113 Å². The number of nitrogens with one attached hydrogen (secondary N) is 2. The number of rotatable bonds is 9. The van der Waals surface area contributed by atoms with E-state index in [-0.39, 0.29) is 23.8 Å². The summed E-state index contributed by atoms with van der Waals surface area (Å²) in [6, 6.07) is 6.84. The van der Waals surface area contributed by atoms with Gasteiger partial charge in [-0.3, -0.25) is 4.79 Å². The summed E-state index contributed by atoms with van der Waals surface area (Å²) in [5.74, 6) is -1.49. The summed E-state index contributed by atoms with van der Waals surface area (Å²) in [5.41, 5.74) is 0. The third kappa shape index (κ3) is 6.79. The molecule has 0 aliphatic heterocycles. The first-order valence-corrected chi connectivity index (χ1v) is 8.77. The molecule has 7 nitrogen and oxygen atoms in total. The van der Waals surface area contributed by atoms with Gasteiger partial charge in [-0.1, -0.05) is 32.0 Å². The highest BCUT2D eigenvalue weighted by Crippen LogP contribution is 2.07. The molecule has 1 aromatic carbocycles. The first-order valence-electron chi connectivity index (χ1n) is 7.29. The maximum Gasteiger partial charge on any atom is 0.326 e. The number of carboxylic acid groups (broad SMARTS) is 1. The van der Waals surface area contributed by atoms with E-state index in [2.05, 4.69) is 10.0 Å². The van der Waals surface area contributed by atoms with Gasteiger partial charge >= 0.3 is 5.97 Å². The number of aliphatic carboxylic acids is 1. The summed E-state index contributed by atoms with van der Waals surface area (Å²) < 4.78 is 26.2. The molecule has 0 aromatic heterocycles. The number of hydrogen-bond acceptors (Lipinski definition) is 4. The van der Waals surface area contributed by atoms with E-state index >= 15 is 0 Å². The molecule has 0 bridgehead atoms. The highest BCUT2D eigenvalue weighted by molar-refractivity contribution is 7.89. The van der Waals surface area contributed by atoms with Gasteiger partial charge in [-0.05, 0) is 24.5 Å². The summed E-state index contributed by atoms with van der Waals surface area (Å²) >= 11 is 0. The Morgan fingerprint density at radius 3 is 2.30 bits per heavy atom. The molecule has 0 radical (unpaired) electrons. The summed E-state index contributed by atoms with van der Waals surface area (Å²) in [4.78, 5) is 22.9. The van der Waals surface area contributed by atoms with Gasteiger partial charge in [0.2, 0.25) is 15.9 Å². The molecule has 0 aliphatic rings. The Balaban J connectivity index is 2.49. The van der Waals surface area contributed by atoms with Gasteiger partial charge < -0.3 is 10.4 Å². The van der Waals surface area contributed by atoms with Gasteiger partial charge in [0.15, 0.2) is 0 Å². The Morgan fingerprint density at radius 1 is 1.17 bits per heavy atom. The van der Waals surface area contributed by atoms with Crippen molar-refractivity contribution in [2.24, 2.45) is 5.92 Å². The van der Waals surface area contributed by atoms with Crippen LogP contribution >= 0.6 is 0 Å². The molecule has 1 amide bonds. The lowest BCUT2D eigenvalue weighted by Gasteiger charge is -2.16. The van der Waals surface area contributed by atoms with Crippen LogP contribution in [0.25, 0.3) is 0 Å². The molecular weight excluding hydrogens is 320 g/mol. The predicted octanol–water partition coefficient (Wildman–Crippen LogP) is 0.970. The number of hydrogen-bond donors (Lipinski definition) is 3. The molecule has 1 rings (SSSR count). The van der Waals surface area contributed by atoms with Crippen molar-refractivity contribution in [1.29, 1.82) is 0 Å². The average Bonchev–Trinajstić information content (AvgIpc) is 2.46. The Kier molecular flexibility index (Phi) is 7.18. The molecule has 23 heavy (non-hydrogen) atoms. The monoisotopic (exact) mass is 342 g/mol. The number of benzene rings is 1. The van der Waals surface area contributed by atoms with Gasteiger partial charge in [0, 0.05) is 13.0 Å². The summed E-state index contributed by atoms with van der Waals surface area (Å²) in [6.45, 7) is 3.61. The number of carboxylic acids is 1. The van der Waals surface area contributed by atoms with Gasteiger partial charge in [0.1, 0.15) is 6.04 Å². The zero-order valence-electron chi connectivity index (χ0n) is 13.2. The Hall–Kier alpha value is -1.93. The molecule has 1 atom stereocenters. The lowest BCUT2D eigenvalue weighted by Crippen LogP contribution is -2.42. The van der Waals surface area contributed by atoms with E-state index in [1.54, 1.807) is 18.2 Å². The Labute approximate surface area is 136 Å².